The molecule has 2 aliphatic rings. The number of ether oxygens (including phenoxy) is 1. The molecule has 5 rings (SSSR count). The number of fused-ring (bicyclic) bond motifs is 4. The minimum Gasteiger partial charge on any atom is -0.456 e. The van der Waals surface area contributed by atoms with Crippen molar-refractivity contribution in [2.45, 2.75) is 25.0 Å². The molecule has 156 valence electrons. The number of rotatable bonds is 2. The molecule has 8 heteroatoms. The van der Waals surface area contributed by atoms with E-state index < -0.39 is 26.7 Å². The first kappa shape index (κ1) is 19.0. The Kier molecular flexibility index (Phi) is 3.71. The minimum atomic E-state index is -1.03. The average molecular weight is 417 g/mol. The highest BCUT2D eigenvalue weighted by molar-refractivity contribution is 5.99. The number of nitro benzene ring substituents is 2. The van der Waals surface area contributed by atoms with Crippen LogP contribution in [0.25, 0.3) is 16.8 Å². The van der Waals surface area contributed by atoms with Gasteiger partial charge in [-0.05, 0) is 36.9 Å². The zero-order valence-electron chi connectivity index (χ0n) is 17.2. The SMILES string of the molecule is CN1c2c(ccc3ccccc23)C(C)(C)C12C=Cc1cc([N+](=O)[O-])cc([N+](=O)[O-])c1O2. The Hall–Kier alpha value is -3.94. The maximum Gasteiger partial charge on any atom is 0.318 e. The van der Waals surface area contributed by atoms with Crippen LogP contribution in [0.3, 0.4) is 0 Å². The predicted molar refractivity (Wildman–Crippen MR) is 118 cm³/mol. The maximum absolute atomic E-state index is 11.8. The van der Waals surface area contributed by atoms with Crippen LogP contribution in [-0.2, 0) is 5.41 Å². The molecular formula is C23H19N3O5. The second kappa shape index (κ2) is 6.04. The molecule has 0 fully saturated rings. The van der Waals surface area contributed by atoms with Crippen molar-refractivity contribution >= 4 is 33.9 Å². The van der Waals surface area contributed by atoms with Crippen LogP contribution in [0, 0.1) is 20.2 Å². The van der Waals surface area contributed by atoms with E-state index >= 15 is 0 Å². The fourth-order valence-electron chi connectivity index (χ4n) is 4.90. The van der Waals surface area contributed by atoms with E-state index in [9.17, 15) is 20.2 Å². The topological polar surface area (TPSA) is 98.8 Å². The lowest BCUT2D eigenvalue weighted by Crippen LogP contribution is -2.58. The molecule has 31 heavy (non-hydrogen) atoms. The van der Waals surface area contributed by atoms with Crippen LogP contribution in [0.15, 0.2) is 54.6 Å². The predicted octanol–water partition coefficient (Wildman–Crippen LogP) is 5.19. The molecule has 0 amide bonds. The van der Waals surface area contributed by atoms with Crippen molar-refractivity contribution in [3.8, 4) is 5.75 Å². The molecule has 2 heterocycles. The third kappa shape index (κ3) is 2.35. The van der Waals surface area contributed by atoms with Crippen LogP contribution in [-0.4, -0.2) is 22.6 Å². The molecule has 0 aliphatic carbocycles. The first-order chi connectivity index (χ1) is 14.7. The van der Waals surface area contributed by atoms with Gasteiger partial charge in [-0.25, -0.2) is 0 Å². The Morgan fingerprint density at radius 3 is 2.45 bits per heavy atom. The van der Waals surface area contributed by atoms with E-state index in [1.54, 1.807) is 6.08 Å². The number of hydrogen-bond donors (Lipinski definition) is 0. The number of non-ortho nitro benzene ring substituents is 1. The molecule has 1 atom stereocenters. The van der Waals surface area contributed by atoms with Gasteiger partial charge in [0.25, 0.3) is 5.69 Å². The summed E-state index contributed by atoms with van der Waals surface area (Å²) in [6.07, 6.45) is 3.53. The van der Waals surface area contributed by atoms with Gasteiger partial charge in [-0.1, -0.05) is 36.4 Å². The highest BCUT2D eigenvalue weighted by Crippen LogP contribution is 2.57. The zero-order chi connectivity index (χ0) is 22.1. The number of likely N-dealkylation sites (N-methyl/N-ethyl adjacent to an activating group) is 1. The van der Waals surface area contributed by atoms with Crippen molar-refractivity contribution < 1.29 is 14.6 Å². The Morgan fingerprint density at radius 1 is 1.00 bits per heavy atom. The summed E-state index contributed by atoms with van der Waals surface area (Å²) in [4.78, 5) is 23.7. The third-order valence-corrected chi connectivity index (χ3v) is 6.54. The van der Waals surface area contributed by atoms with Gasteiger partial charge >= 0.3 is 5.69 Å². The molecule has 1 spiro atoms. The van der Waals surface area contributed by atoms with Crippen molar-refractivity contribution in [3.63, 3.8) is 0 Å². The number of nitro groups is 2. The van der Waals surface area contributed by atoms with E-state index in [1.807, 2.05) is 56.1 Å². The van der Waals surface area contributed by atoms with E-state index in [1.165, 1.54) is 6.07 Å². The van der Waals surface area contributed by atoms with E-state index in [0.29, 0.717) is 5.56 Å². The van der Waals surface area contributed by atoms with E-state index in [2.05, 4.69) is 12.1 Å². The molecule has 0 saturated carbocycles. The molecule has 0 aromatic heterocycles. The van der Waals surface area contributed by atoms with Crippen molar-refractivity contribution in [2.24, 2.45) is 0 Å². The summed E-state index contributed by atoms with van der Waals surface area (Å²) in [7, 11) is 1.91. The van der Waals surface area contributed by atoms with Gasteiger partial charge in [0, 0.05) is 24.1 Å². The monoisotopic (exact) mass is 417 g/mol. The molecule has 8 nitrogen and oxygen atoms in total. The van der Waals surface area contributed by atoms with Crippen molar-refractivity contribution in [3.05, 3.63) is 86.0 Å². The van der Waals surface area contributed by atoms with Crippen LogP contribution in [0.5, 0.6) is 5.75 Å². The lowest BCUT2D eigenvalue weighted by molar-refractivity contribution is -0.395. The second-order valence-corrected chi connectivity index (χ2v) is 8.40. The average Bonchev–Trinajstić information content (AvgIpc) is 2.91. The molecular weight excluding hydrogens is 398 g/mol. The third-order valence-electron chi connectivity index (χ3n) is 6.54. The highest BCUT2D eigenvalue weighted by Gasteiger charge is 2.58. The molecule has 2 aliphatic heterocycles. The summed E-state index contributed by atoms with van der Waals surface area (Å²) in [5.74, 6) is 0.0372. The zero-order valence-corrected chi connectivity index (χ0v) is 17.2. The van der Waals surface area contributed by atoms with Crippen LogP contribution in [0.2, 0.25) is 0 Å². The quantitative estimate of drug-likeness (QED) is 0.420. The molecule has 0 bridgehead atoms. The fourth-order valence-corrected chi connectivity index (χ4v) is 4.90. The van der Waals surface area contributed by atoms with Gasteiger partial charge in [0.05, 0.1) is 27.0 Å². The van der Waals surface area contributed by atoms with Gasteiger partial charge in [-0.15, -0.1) is 0 Å². The summed E-state index contributed by atoms with van der Waals surface area (Å²) in [5.41, 5.74) is 0.0164. The smallest absolute Gasteiger partial charge is 0.318 e. The van der Waals surface area contributed by atoms with Gasteiger partial charge in [-0.2, -0.15) is 0 Å². The van der Waals surface area contributed by atoms with Crippen LogP contribution >= 0.6 is 0 Å². The summed E-state index contributed by atoms with van der Waals surface area (Å²) in [5, 5.41) is 25.2. The second-order valence-electron chi connectivity index (χ2n) is 8.40. The summed E-state index contributed by atoms with van der Waals surface area (Å²) in [6, 6.07) is 14.4. The molecule has 3 aromatic carbocycles. The van der Waals surface area contributed by atoms with E-state index in [0.717, 1.165) is 28.1 Å². The number of benzene rings is 3. The normalized spacial score (nSPS) is 20.4. The standard InChI is InChI=1S/C23H19N3O5/c1-22(2)18-9-8-14-6-4-5-7-17(14)20(18)24(3)23(22)11-10-15-12-16(25(27)28)13-19(26(29)30)21(15)31-23/h4-13H,1-3H3. The Bertz CT molecular complexity index is 1330. The van der Waals surface area contributed by atoms with Gasteiger partial charge in [0.1, 0.15) is 0 Å². The molecule has 1 unspecified atom stereocenters. The first-order valence-corrected chi connectivity index (χ1v) is 9.78. The Balaban J connectivity index is 1.74. The number of anilines is 1. The van der Waals surface area contributed by atoms with Gasteiger partial charge < -0.3 is 9.64 Å². The van der Waals surface area contributed by atoms with Gasteiger partial charge in [-0.3, -0.25) is 20.2 Å². The van der Waals surface area contributed by atoms with Crippen LogP contribution in [0.4, 0.5) is 17.1 Å². The Morgan fingerprint density at radius 2 is 1.74 bits per heavy atom. The van der Waals surface area contributed by atoms with Crippen molar-refractivity contribution in [2.75, 3.05) is 11.9 Å². The van der Waals surface area contributed by atoms with E-state index in [-0.39, 0.29) is 11.4 Å². The van der Waals surface area contributed by atoms with Gasteiger partial charge in [0.2, 0.25) is 11.5 Å². The van der Waals surface area contributed by atoms with Crippen molar-refractivity contribution in [1.29, 1.82) is 0 Å². The molecule has 0 radical (unpaired) electrons. The number of hydrogen-bond acceptors (Lipinski definition) is 6. The minimum absolute atomic E-state index is 0.0372. The maximum atomic E-state index is 11.8. The lowest BCUT2D eigenvalue weighted by Gasteiger charge is -2.45. The Labute approximate surface area is 177 Å². The highest BCUT2D eigenvalue weighted by atomic mass is 16.6. The van der Waals surface area contributed by atoms with Gasteiger partial charge in [0.15, 0.2) is 0 Å². The molecule has 0 saturated heterocycles. The van der Waals surface area contributed by atoms with Crippen LogP contribution in [0.1, 0.15) is 25.0 Å². The van der Waals surface area contributed by atoms with Crippen molar-refractivity contribution in [1.82, 2.24) is 0 Å². The van der Waals surface area contributed by atoms with E-state index in [4.69, 9.17) is 4.74 Å². The summed E-state index contributed by atoms with van der Waals surface area (Å²) in [6.45, 7) is 4.08. The fraction of sp³-hybridized carbons (Fsp3) is 0.217. The summed E-state index contributed by atoms with van der Waals surface area (Å²) < 4.78 is 6.44. The summed E-state index contributed by atoms with van der Waals surface area (Å²) >= 11 is 0. The largest absolute Gasteiger partial charge is 0.456 e. The first-order valence-electron chi connectivity index (χ1n) is 9.78. The number of nitrogens with zero attached hydrogens (tertiary/aromatic N) is 3. The molecule has 0 N–H and O–H groups in total. The molecule has 3 aromatic rings. The lowest BCUT2D eigenvalue weighted by atomic mass is 9.76. The van der Waals surface area contributed by atoms with Crippen LogP contribution < -0.4 is 9.64 Å².